The minimum atomic E-state index is -0.379. The number of nitrogens with one attached hydrogen (secondary N) is 2. The lowest BCUT2D eigenvalue weighted by Crippen LogP contribution is -2.59. The Labute approximate surface area is 124 Å². The van der Waals surface area contributed by atoms with Crippen LogP contribution in [0.5, 0.6) is 0 Å². The second-order valence-electron chi connectivity index (χ2n) is 6.80. The smallest absolute Gasteiger partial charge is 0.274 e. The molecule has 3 atom stereocenters. The molecule has 2 bridgehead atoms. The molecule has 0 aromatic heterocycles. The predicted molar refractivity (Wildman–Crippen MR) is 79.4 cm³/mol. The van der Waals surface area contributed by atoms with Crippen molar-refractivity contribution in [1.82, 2.24) is 10.8 Å². The predicted octanol–water partition coefficient (Wildman–Crippen LogP) is 2.15. The summed E-state index contributed by atoms with van der Waals surface area (Å²) in [5.74, 6) is 0.329. The van der Waals surface area contributed by atoms with Gasteiger partial charge in [0.25, 0.3) is 5.91 Å². The van der Waals surface area contributed by atoms with Gasteiger partial charge in [-0.25, -0.2) is 5.48 Å². The van der Waals surface area contributed by atoms with Gasteiger partial charge in [0.2, 0.25) is 0 Å². The third kappa shape index (κ3) is 1.79. The fourth-order valence-corrected chi connectivity index (χ4v) is 5.24. The molecule has 2 fully saturated rings. The minimum Gasteiger partial charge on any atom is -0.313 e. The molecular formula is C17H22N2O2. The van der Waals surface area contributed by atoms with Gasteiger partial charge in [-0.1, -0.05) is 25.0 Å². The van der Waals surface area contributed by atoms with E-state index in [1.54, 1.807) is 0 Å². The topological polar surface area (TPSA) is 61.4 Å². The van der Waals surface area contributed by atoms with E-state index in [2.05, 4.69) is 11.4 Å². The van der Waals surface area contributed by atoms with Crippen LogP contribution in [-0.2, 0) is 11.8 Å². The van der Waals surface area contributed by atoms with Crippen molar-refractivity contribution in [2.24, 2.45) is 5.92 Å². The molecule has 0 spiro atoms. The molecule has 1 saturated heterocycles. The lowest BCUT2D eigenvalue weighted by Gasteiger charge is -2.56. The van der Waals surface area contributed by atoms with Crippen LogP contribution in [0.2, 0.25) is 0 Å². The van der Waals surface area contributed by atoms with Crippen molar-refractivity contribution in [2.45, 2.75) is 50.0 Å². The lowest BCUT2D eigenvalue weighted by atomic mass is 9.52. The first-order chi connectivity index (χ1) is 10.3. The van der Waals surface area contributed by atoms with Gasteiger partial charge in [-0.3, -0.25) is 10.0 Å². The van der Waals surface area contributed by atoms with Crippen LogP contribution < -0.4 is 10.8 Å². The maximum Gasteiger partial charge on any atom is 0.274 e. The van der Waals surface area contributed by atoms with E-state index in [-0.39, 0.29) is 11.3 Å². The summed E-state index contributed by atoms with van der Waals surface area (Å²) < 4.78 is 0. The highest BCUT2D eigenvalue weighted by atomic mass is 16.5. The first-order valence-electron chi connectivity index (χ1n) is 8.06. The molecule has 0 radical (unpaired) electrons. The van der Waals surface area contributed by atoms with Crippen LogP contribution in [0, 0.1) is 5.92 Å². The van der Waals surface area contributed by atoms with Crippen molar-refractivity contribution >= 4 is 5.91 Å². The average molecular weight is 286 g/mol. The summed E-state index contributed by atoms with van der Waals surface area (Å²) in [5, 5.41) is 12.7. The SMILES string of the molecule is O=C(NO)c1cccc2c1C[C@H]1NCC[C@@]23CCCC[C@@H]13. The number of amides is 1. The van der Waals surface area contributed by atoms with Crippen LogP contribution in [-0.4, -0.2) is 23.7 Å². The van der Waals surface area contributed by atoms with Crippen molar-refractivity contribution in [3.05, 3.63) is 34.9 Å². The van der Waals surface area contributed by atoms with Gasteiger partial charge in [0.05, 0.1) is 0 Å². The molecule has 1 heterocycles. The lowest BCUT2D eigenvalue weighted by molar-refractivity contribution is 0.0685. The van der Waals surface area contributed by atoms with Gasteiger partial charge in [0.15, 0.2) is 0 Å². The van der Waals surface area contributed by atoms with Crippen LogP contribution in [0.1, 0.15) is 53.6 Å². The van der Waals surface area contributed by atoms with Crippen molar-refractivity contribution < 1.29 is 10.0 Å². The number of hydrogen-bond acceptors (Lipinski definition) is 3. The van der Waals surface area contributed by atoms with E-state index in [1.807, 2.05) is 17.6 Å². The molecule has 1 aliphatic heterocycles. The van der Waals surface area contributed by atoms with E-state index < -0.39 is 0 Å². The summed E-state index contributed by atoms with van der Waals surface area (Å²) in [6, 6.07) is 6.52. The highest BCUT2D eigenvalue weighted by Gasteiger charge is 2.51. The quantitative estimate of drug-likeness (QED) is 0.547. The number of piperidine rings is 1. The van der Waals surface area contributed by atoms with Gasteiger partial charge in [-0.05, 0) is 55.3 Å². The van der Waals surface area contributed by atoms with Crippen LogP contribution in [0.3, 0.4) is 0 Å². The summed E-state index contributed by atoms with van der Waals surface area (Å²) >= 11 is 0. The standard InChI is InChI=1S/C17H22N2O2/c20-16(19-21)11-4-3-6-13-12(11)10-15-14-5-1-2-7-17(13,14)8-9-18-15/h3-4,6,14-15,18,21H,1-2,5,7-10H2,(H,19,20)/t14-,15+,17-/m0/s1. The normalized spacial score (nSPS) is 33.8. The van der Waals surface area contributed by atoms with Gasteiger partial charge in [0, 0.05) is 17.0 Å². The molecule has 112 valence electrons. The Kier molecular flexibility index (Phi) is 3.05. The van der Waals surface area contributed by atoms with E-state index in [9.17, 15) is 4.79 Å². The molecule has 2 aliphatic carbocycles. The van der Waals surface area contributed by atoms with Crippen LogP contribution in [0.4, 0.5) is 0 Å². The molecule has 4 nitrogen and oxygen atoms in total. The largest absolute Gasteiger partial charge is 0.313 e. The number of carbonyl (C=O) groups excluding carboxylic acids is 1. The summed E-state index contributed by atoms with van der Waals surface area (Å²) in [6.07, 6.45) is 7.24. The van der Waals surface area contributed by atoms with Gasteiger partial charge in [-0.15, -0.1) is 0 Å². The Bertz CT molecular complexity index is 582. The van der Waals surface area contributed by atoms with E-state index in [4.69, 9.17) is 5.21 Å². The van der Waals surface area contributed by atoms with E-state index >= 15 is 0 Å². The number of hydroxylamine groups is 1. The Morgan fingerprint density at radius 1 is 1.33 bits per heavy atom. The molecule has 0 unspecified atom stereocenters. The monoisotopic (exact) mass is 286 g/mol. The summed E-state index contributed by atoms with van der Waals surface area (Å²) in [6.45, 7) is 1.08. The summed E-state index contributed by atoms with van der Waals surface area (Å²) in [7, 11) is 0. The second-order valence-corrected chi connectivity index (χ2v) is 6.80. The van der Waals surface area contributed by atoms with Crippen LogP contribution in [0.15, 0.2) is 18.2 Å². The molecule has 1 saturated carbocycles. The molecule has 1 aromatic carbocycles. The second kappa shape index (κ2) is 4.82. The zero-order valence-corrected chi connectivity index (χ0v) is 12.2. The third-order valence-corrected chi connectivity index (χ3v) is 6.04. The number of fused-ring (bicyclic) bond motifs is 1. The van der Waals surface area contributed by atoms with Crippen LogP contribution >= 0.6 is 0 Å². The molecule has 3 aliphatic rings. The number of hydrogen-bond donors (Lipinski definition) is 3. The number of rotatable bonds is 1. The highest BCUT2D eigenvalue weighted by Crippen LogP contribution is 2.54. The number of carbonyl (C=O) groups is 1. The molecule has 1 aromatic rings. The summed E-state index contributed by atoms with van der Waals surface area (Å²) in [5.41, 5.74) is 5.24. The molecule has 4 heteroatoms. The highest BCUT2D eigenvalue weighted by molar-refractivity contribution is 5.95. The zero-order valence-electron chi connectivity index (χ0n) is 12.2. The average Bonchev–Trinajstić information content (AvgIpc) is 2.53. The van der Waals surface area contributed by atoms with Crippen molar-refractivity contribution in [3.63, 3.8) is 0 Å². The zero-order chi connectivity index (χ0) is 14.4. The first-order valence-corrected chi connectivity index (χ1v) is 8.06. The maximum atomic E-state index is 12.0. The molecule has 4 rings (SSSR count). The Morgan fingerprint density at radius 3 is 3.10 bits per heavy atom. The van der Waals surface area contributed by atoms with Gasteiger partial charge >= 0.3 is 0 Å². The molecule has 1 amide bonds. The van der Waals surface area contributed by atoms with Gasteiger partial charge < -0.3 is 5.32 Å². The van der Waals surface area contributed by atoms with Crippen LogP contribution in [0.25, 0.3) is 0 Å². The maximum absolute atomic E-state index is 12.0. The van der Waals surface area contributed by atoms with Gasteiger partial charge in [-0.2, -0.15) is 0 Å². The molecular weight excluding hydrogens is 264 g/mol. The van der Waals surface area contributed by atoms with Crippen molar-refractivity contribution in [3.8, 4) is 0 Å². The fourth-order valence-electron chi connectivity index (χ4n) is 5.24. The van der Waals surface area contributed by atoms with E-state index in [0.717, 1.165) is 18.5 Å². The summed E-state index contributed by atoms with van der Waals surface area (Å²) in [4.78, 5) is 12.0. The number of benzene rings is 1. The fraction of sp³-hybridized carbons (Fsp3) is 0.588. The Hall–Kier alpha value is -1.39. The first kappa shape index (κ1) is 13.3. The Balaban J connectivity index is 1.89. The van der Waals surface area contributed by atoms with Crippen molar-refractivity contribution in [1.29, 1.82) is 0 Å². The van der Waals surface area contributed by atoms with E-state index in [1.165, 1.54) is 37.7 Å². The third-order valence-electron chi connectivity index (χ3n) is 6.04. The minimum absolute atomic E-state index is 0.257. The van der Waals surface area contributed by atoms with Gasteiger partial charge in [0.1, 0.15) is 0 Å². The van der Waals surface area contributed by atoms with E-state index in [0.29, 0.717) is 17.5 Å². The molecule has 3 N–H and O–H groups in total. The van der Waals surface area contributed by atoms with Crippen molar-refractivity contribution in [2.75, 3.05) is 6.54 Å². The Morgan fingerprint density at radius 2 is 2.24 bits per heavy atom. The molecule has 21 heavy (non-hydrogen) atoms.